The number of hydrogen-bond donors (Lipinski definition) is 1. The van der Waals surface area contributed by atoms with Crippen molar-refractivity contribution >= 4 is 5.91 Å². The van der Waals surface area contributed by atoms with Crippen molar-refractivity contribution in [2.75, 3.05) is 26.2 Å². The first-order valence-corrected chi connectivity index (χ1v) is 9.82. The summed E-state index contributed by atoms with van der Waals surface area (Å²) in [6.45, 7) is 6.94. The molecule has 1 amide bonds. The van der Waals surface area contributed by atoms with Gasteiger partial charge in [0.05, 0.1) is 5.60 Å². The Labute approximate surface area is 150 Å². The molecule has 1 unspecified atom stereocenters. The maximum Gasteiger partial charge on any atom is 0.220 e. The summed E-state index contributed by atoms with van der Waals surface area (Å²) in [5.74, 6) is 1.50. The number of ether oxygens (including phenoxy) is 1. The summed E-state index contributed by atoms with van der Waals surface area (Å²) < 4.78 is 6.16. The second-order valence-corrected chi connectivity index (χ2v) is 8.26. The van der Waals surface area contributed by atoms with Crippen LogP contribution in [0.2, 0.25) is 0 Å². The van der Waals surface area contributed by atoms with Crippen molar-refractivity contribution in [1.82, 2.24) is 10.2 Å². The van der Waals surface area contributed by atoms with Gasteiger partial charge < -0.3 is 10.1 Å². The summed E-state index contributed by atoms with van der Waals surface area (Å²) in [6, 6.07) is 8.63. The molecule has 4 rings (SSSR count). The Morgan fingerprint density at radius 3 is 2.84 bits per heavy atom. The van der Waals surface area contributed by atoms with Crippen molar-refractivity contribution in [1.29, 1.82) is 0 Å². The standard InChI is InChI=1S/C21H30N2O2/c1-16-4-2-3-5-18(16)13-23-14-21(15-23)19(9-11-25-21)8-10-22-20(24)12-17-6-7-17/h2-5,17,19H,6-15H2,1H3,(H,22,24). The van der Waals surface area contributed by atoms with Crippen molar-refractivity contribution in [3.05, 3.63) is 35.4 Å². The summed E-state index contributed by atoms with van der Waals surface area (Å²) in [7, 11) is 0. The third kappa shape index (κ3) is 3.90. The van der Waals surface area contributed by atoms with Gasteiger partial charge in [0.2, 0.25) is 5.91 Å². The van der Waals surface area contributed by atoms with E-state index in [9.17, 15) is 4.79 Å². The van der Waals surface area contributed by atoms with Crippen LogP contribution in [-0.2, 0) is 16.1 Å². The molecule has 1 aromatic rings. The van der Waals surface area contributed by atoms with E-state index < -0.39 is 0 Å². The van der Waals surface area contributed by atoms with E-state index >= 15 is 0 Å². The lowest BCUT2D eigenvalue weighted by Crippen LogP contribution is -2.64. The molecule has 0 radical (unpaired) electrons. The number of carbonyl (C=O) groups is 1. The zero-order valence-corrected chi connectivity index (χ0v) is 15.3. The van der Waals surface area contributed by atoms with Crippen molar-refractivity contribution in [3.63, 3.8) is 0 Å². The minimum atomic E-state index is 0.0455. The minimum Gasteiger partial charge on any atom is -0.372 e. The largest absolute Gasteiger partial charge is 0.372 e. The number of aryl methyl sites for hydroxylation is 1. The van der Waals surface area contributed by atoms with E-state index in [0.717, 1.165) is 52.0 Å². The number of likely N-dealkylation sites (tertiary alicyclic amines) is 1. The molecule has 1 saturated carbocycles. The molecule has 2 heterocycles. The van der Waals surface area contributed by atoms with Gasteiger partial charge in [0.15, 0.2) is 0 Å². The number of carbonyl (C=O) groups excluding carboxylic acids is 1. The molecule has 1 atom stereocenters. The van der Waals surface area contributed by atoms with Gasteiger partial charge in [-0.3, -0.25) is 9.69 Å². The van der Waals surface area contributed by atoms with E-state index in [1.807, 2.05) is 0 Å². The van der Waals surface area contributed by atoms with Crippen molar-refractivity contribution in [2.24, 2.45) is 11.8 Å². The second-order valence-electron chi connectivity index (χ2n) is 8.26. The van der Waals surface area contributed by atoms with E-state index in [1.54, 1.807) is 0 Å². The number of hydrogen-bond acceptors (Lipinski definition) is 3. The lowest BCUT2D eigenvalue weighted by atomic mass is 9.78. The number of benzene rings is 1. The highest BCUT2D eigenvalue weighted by Gasteiger charge is 2.52. The number of nitrogens with one attached hydrogen (secondary N) is 1. The highest BCUT2D eigenvalue weighted by molar-refractivity contribution is 5.76. The Bertz CT molecular complexity index is 620. The molecule has 4 heteroatoms. The van der Waals surface area contributed by atoms with E-state index in [1.165, 1.54) is 24.0 Å². The molecular weight excluding hydrogens is 312 g/mol. The molecule has 4 nitrogen and oxygen atoms in total. The molecule has 2 saturated heterocycles. The molecule has 1 spiro atoms. The van der Waals surface area contributed by atoms with Gasteiger partial charge in [-0.05, 0) is 55.6 Å². The van der Waals surface area contributed by atoms with Gasteiger partial charge in [0.25, 0.3) is 0 Å². The first-order chi connectivity index (χ1) is 12.1. The molecule has 1 aromatic carbocycles. The van der Waals surface area contributed by atoms with Gasteiger partial charge in [0.1, 0.15) is 0 Å². The van der Waals surface area contributed by atoms with E-state index in [2.05, 4.69) is 41.4 Å². The van der Waals surface area contributed by atoms with Crippen LogP contribution in [0.15, 0.2) is 24.3 Å². The fraction of sp³-hybridized carbons (Fsp3) is 0.667. The van der Waals surface area contributed by atoms with Crippen molar-refractivity contribution < 1.29 is 9.53 Å². The molecule has 0 bridgehead atoms. The van der Waals surface area contributed by atoms with E-state index in [4.69, 9.17) is 4.74 Å². The fourth-order valence-corrected chi connectivity index (χ4v) is 4.44. The van der Waals surface area contributed by atoms with Crippen LogP contribution in [0.1, 0.15) is 43.2 Å². The average Bonchev–Trinajstić information content (AvgIpc) is 3.27. The van der Waals surface area contributed by atoms with Crippen LogP contribution in [0.25, 0.3) is 0 Å². The van der Waals surface area contributed by atoms with Crippen LogP contribution in [0.5, 0.6) is 0 Å². The molecule has 1 N–H and O–H groups in total. The molecular formula is C21H30N2O2. The van der Waals surface area contributed by atoms with Crippen LogP contribution in [0, 0.1) is 18.8 Å². The fourth-order valence-electron chi connectivity index (χ4n) is 4.44. The number of nitrogens with zero attached hydrogens (tertiary/aromatic N) is 1. The lowest BCUT2D eigenvalue weighted by molar-refractivity contribution is -0.137. The molecule has 3 fully saturated rings. The molecule has 3 aliphatic rings. The van der Waals surface area contributed by atoms with Crippen LogP contribution in [0.3, 0.4) is 0 Å². The predicted octanol–water partition coefficient (Wildman–Crippen LogP) is 2.89. The highest BCUT2D eigenvalue weighted by Crippen LogP contribution is 2.42. The summed E-state index contributed by atoms with van der Waals surface area (Å²) >= 11 is 0. The van der Waals surface area contributed by atoms with Crippen molar-refractivity contribution in [2.45, 2.75) is 51.2 Å². The van der Waals surface area contributed by atoms with Crippen LogP contribution >= 0.6 is 0 Å². The van der Waals surface area contributed by atoms with Gasteiger partial charge in [-0.2, -0.15) is 0 Å². The number of amides is 1. The highest BCUT2D eigenvalue weighted by atomic mass is 16.5. The molecule has 1 aliphatic carbocycles. The summed E-state index contributed by atoms with van der Waals surface area (Å²) in [6.07, 6.45) is 5.40. The first-order valence-electron chi connectivity index (χ1n) is 9.82. The third-order valence-electron chi connectivity index (χ3n) is 6.22. The Balaban J connectivity index is 1.23. The lowest BCUT2D eigenvalue weighted by Gasteiger charge is -2.50. The maximum atomic E-state index is 11.8. The Morgan fingerprint density at radius 2 is 2.08 bits per heavy atom. The summed E-state index contributed by atoms with van der Waals surface area (Å²) in [5, 5.41) is 3.12. The quantitative estimate of drug-likeness (QED) is 0.828. The van der Waals surface area contributed by atoms with Crippen LogP contribution in [-0.4, -0.2) is 42.6 Å². The molecule has 25 heavy (non-hydrogen) atoms. The van der Waals surface area contributed by atoms with Gasteiger partial charge in [0, 0.05) is 39.2 Å². The van der Waals surface area contributed by atoms with Gasteiger partial charge in [-0.25, -0.2) is 0 Å². The Hall–Kier alpha value is -1.39. The third-order valence-corrected chi connectivity index (χ3v) is 6.22. The van der Waals surface area contributed by atoms with Crippen LogP contribution in [0.4, 0.5) is 0 Å². The first kappa shape index (κ1) is 17.0. The minimum absolute atomic E-state index is 0.0455. The topological polar surface area (TPSA) is 41.6 Å². The van der Waals surface area contributed by atoms with Gasteiger partial charge in [-0.1, -0.05) is 24.3 Å². The zero-order chi connectivity index (χ0) is 17.3. The summed E-state index contributed by atoms with van der Waals surface area (Å²) in [5.41, 5.74) is 2.83. The SMILES string of the molecule is Cc1ccccc1CN1CC2(C1)OCCC2CCNC(=O)CC1CC1. The monoisotopic (exact) mass is 342 g/mol. The Kier molecular flexibility index (Phi) is 4.83. The predicted molar refractivity (Wildman–Crippen MR) is 98.2 cm³/mol. The zero-order valence-electron chi connectivity index (χ0n) is 15.3. The molecule has 136 valence electrons. The molecule has 2 aliphatic heterocycles. The summed E-state index contributed by atoms with van der Waals surface area (Å²) in [4.78, 5) is 14.3. The van der Waals surface area contributed by atoms with Crippen molar-refractivity contribution in [3.8, 4) is 0 Å². The average molecular weight is 342 g/mol. The van der Waals surface area contributed by atoms with Gasteiger partial charge in [-0.15, -0.1) is 0 Å². The van der Waals surface area contributed by atoms with E-state index in [-0.39, 0.29) is 11.5 Å². The van der Waals surface area contributed by atoms with Crippen LogP contribution < -0.4 is 5.32 Å². The Morgan fingerprint density at radius 1 is 1.28 bits per heavy atom. The van der Waals surface area contributed by atoms with Gasteiger partial charge >= 0.3 is 0 Å². The molecule has 0 aromatic heterocycles. The smallest absolute Gasteiger partial charge is 0.220 e. The second kappa shape index (κ2) is 7.08. The maximum absolute atomic E-state index is 11.8. The normalized spacial score (nSPS) is 25.1. The number of rotatable bonds is 7. The van der Waals surface area contributed by atoms with E-state index in [0.29, 0.717) is 11.8 Å².